The van der Waals surface area contributed by atoms with Crippen molar-refractivity contribution in [2.24, 2.45) is 0 Å². The van der Waals surface area contributed by atoms with E-state index in [-0.39, 0.29) is 11.7 Å². The number of carboxylic acid groups (broad SMARTS) is 1. The van der Waals surface area contributed by atoms with Crippen LogP contribution in [0.1, 0.15) is 36.2 Å². The molecule has 1 unspecified atom stereocenters. The second-order valence-electron chi connectivity index (χ2n) is 3.87. The standard InChI is InChI=1S/C13H18O4/c1-4-9(2)17-8-10-5-6-12(16-3)11(7-10)13(14)15/h5-7,9H,4,8H2,1-3H3,(H,14,15). The zero-order valence-electron chi connectivity index (χ0n) is 10.4. The molecule has 0 spiro atoms. The lowest BCUT2D eigenvalue weighted by Gasteiger charge is -2.12. The van der Waals surface area contributed by atoms with Crippen LogP contribution >= 0.6 is 0 Å². The van der Waals surface area contributed by atoms with E-state index in [1.54, 1.807) is 12.1 Å². The fraction of sp³-hybridized carbons (Fsp3) is 0.462. The first kappa shape index (κ1) is 13.5. The summed E-state index contributed by atoms with van der Waals surface area (Å²) in [6.07, 6.45) is 1.10. The molecular formula is C13H18O4. The molecule has 0 radical (unpaired) electrons. The molecule has 0 aliphatic heterocycles. The fourth-order valence-electron chi connectivity index (χ4n) is 1.37. The first-order valence-electron chi connectivity index (χ1n) is 5.60. The number of carbonyl (C=O) groups is 1. The quantitative estimate of drug-likeness (QED) is 0.827. The number of hydrogen-bond acceptors (Lipinski definition) is 3. The number of carboxylic acids is 1. The van der Waals surface area contributed by atoms with Gasteiger partial charge in [-0.05, 0) is 31.0 Å². The highest BCUT2D eigenvalue weighted by molar-refractivity contribution is 5.91. The molecule has 1 atom stereocenters. The maximum absolute atomic E-state index is 11.0. The average molecular weight is 238 g/mol. The van der Waals surface area contributed by atoms with Crippen LogP contribution in [0.5, 0.6) is 5.75 Å². The van der Waals surface area contributed by atoms with E-state index < -0.39 is 5.97 Å². The number of ether oxygens (including phenoxy) is 2. The van der Waals surface area contributed by atoms with Gasteiger partial charge in [0.05, 0.1) is 19.8 Å². The van der Waals surface area contributed by atoms with Crippen molar-refractivity contribution in [1.82, 2.24) is 0 Å². The largest absolute Gasteiger partial charge is 0.496 e. The van der Waals surface area contributed by atoms with Crippen molar-refractivity contribution >= 4 is 5.97 Å². The number of aromatic carboxylic acids is 1. The molecule has 0 saturated carbocycles. The van der Waals surface area contributed by atoms with E-state index in [0.717, 1.165) is 12.0 Å². The lowest BCUT2D eigenvalue weighted by atomic mass is 10.1. The van der Waals surface area contributed by atoms with Gasteiger partial charge in [-0.15, -0.1) is 0 Å². The van der Waals surface area contributed by atoms with Crippen LogP contribution in [-0.2, 0) is 11.3 Å². The monoisotopic (exact) mass is 238 g/mol. The Kier molecular flexibility index (Phi) is 4.97. The van der Waals surface area contributed by atoms with Crippen LogP contribution in [0.15, 0.2) is 18.2 Å². The number of methoxy groups -OCH3 is 1. The third kappa shape index (κ3) is 3.75. The highest BCUT2D eigenvalue weighted by Gasteiger charge is 2.11. The van der Waals surface area contributed by atoms with E-state index in [1.807, 2.05) is 19.9 Å². The summed E-state index contributed by atoms with van der Waals surface area (Å²) >= 11 is 0. The van der Waals surface area contributed by atoms with Crippen LogP contribution in [-0.4, -0.2) is 24.3 Å². The van der Waals surface area contributed by atoms with Gasteiger partial charge in [0, 0.05) is 0 Å². The maximum atomic E-state index is 11.0. The minimum absolute atomic E-state index is 0.165. The number of benzene rings is 1. The van der Waals surface area contributed by atoms with Gasteiger partial charge in [0.25, 0.3) is 0 Å². The van der Waals surface area contributed by atoms with E-state index in [2.05, 4.69) is 0 Å². The van der Waals surface area contributed by atoms with Crippen molar-refractivity contribution in [1.29, 1.82) is 0 Å². The summed E-state index contributed by atoms with van der Waals surface area (Å²) in [5, 5.41) is 9.02. The zero-order chi connectivity index (χ0) is 12.8. The SMILES string of the molecule is CCC(C)OCc1ccc(OC)c(C(=O)O)c1. The maximum Gasteiger partial charge on any atom is 0.339 e. The summed E-state index contributed by atoms with van der Waals surface area (Å²) in [5.74, 6) is -0.628. The molecular weight excluding hydrogens is 220 g/mol. The molecule has 0 bridgehead atoms. The molecule has 0 aliphatic rings. The van der Waals surface area contributed by atoms with Crippen LogP contribution in [0.3, 0.4) is 0 Å². The molecule has 1 aromatic rings. The molecule has 1 rings (SSSR count). The second-order valence-corrected chi connectivity index (χ2v) is 3.87. The predicted octanol–water partition coefficient (Wildman–Crippen LogP) is 2.71. The van der Waals surface area contributed by atoms with Crippen molar-refractivity contribution in [2.45, 2.75) is 33.0 Å². The third-order valence-corrected chi connectivity index (χ3v) is 2.60. The topological polar surface area (TPSA) is 55.8 Å². The van der Waals surface area contributed by atoms with E-state index in [0.29, 0.717) is 12.4 Å². The summed E-state index contributed by atoms with van der Waals surface area (Å²) in [6, 6.07) is 5.05. The van der Waals surface area contributed by atoms with Gasteiger partial charge in [-0.25, -0.2) is 4.79 Å². The van der Waals surface area contributed by atoms with Gasteiger partial charge in [-0.3, -0.25) is 0 Å². The van der Waals surface area contributed by atoms with Crippen LogP contribution in [0, 0.1) is 0 Å². The van der Waals surface area contributed by atoms with Crippen molar-refractivity contribution in [3.63, 3.8) is 0 Å². The smallest absolute Gasteiger partial charge is 0.339 e. The van der Waals surface area contributed by atoms with Crippen molar-refractivity contribution in [3.05, 3.63) is 29.3 Å². The Morgan fingerprint density at radius 2 is 2.18 bits per heavy atom. The summed E-state index contributed by atoms with van der Waals surface area (Å²) in [4.78, 5) is 11.0. The molecule has 0 fully saturated rings. The fourth-order valence-corrected chi connectivity index (χ4v) is 1.37. The average Bonchev–Trinajstić information content (AvgIpc) is 2.35. The molecule has 94 valence electrons. The molecule has 0 aromatic heterocycles. The Hall–Kier alpha value is -1.55. The zero-order valence-corrected chi connectivity index (χ0v) is 10.4. The van der Waals surface area contributed by atoms with Crippen molar-refractivity contribution in [3.8, 4) is 5.75 Å². The van der Waals surface area contributed by atoms with Gasteiger partial charge in [-0.1, -0.05) is 13.0 Å². The summed E-state index contributed by atoms with van der Waals surface area (Å²) < 4.78 is 10.5. The Balaban J connectivity index is 2.81. The van der Waals surface area contributed by atoms with Gasteiger partial charge < -0.3 is 14.6 Å². The van der Waals surface area contributed by atoms with E-state index >= 15 is 0 Å². The van der Waals surface area contributed by atoms with Gasteiger partial charge in [0.15, 0.2) is 0 Å². The van der Waals surface area contributed by atoms with Crippen LogP contribution in [0.2, 0.25) is 0 Å². The Morgan fingerprint density at radius 1 is 1.47 bits per heavy atom. The van der Waals surface area contributed by atoms with E-state index in [1.165, 1.54) is 7.11 Å². The van der Waals surface area contributed by atoms with E-state index in [9.17, 15) is 4.79 Å². The summed E-state index contributed by atoms with van der Waals surface area (Å²) in [7, 11) is 1.46. The Labute approximate surface area is 101 Å². The second kappa shape index (κ2) is 6.25. The molecule has 0 amide bonds. The summed E-state index contributed by atoms with van der Waals surface area (Å²) in [5.41, 5.74) is 1.00. The van der Waals surface area contributed by atoms with Gasteiger partial charge in [0.2, 0.25) is 0 Å². The van der Waals surface area contributed by atoms with Gasteiger partial charge in [-0.2, -0.15) is 0 Å². The van der Waals surface area contributed by atoms with Gasteiger partial charge >= 0.3 is 5.97 Å². The number of rotatable bonds is 6. The molecule has 4 nitrogen and oxygen atoms in total. The predicted molar refractivity (Wildman–Crippen MR) is 64.5 cm³/mol. The van der Waals surface area contributed by atoms with Crippen LogP contribution < -0.4 is 4.74 Å². The highest BCUT2D eigenvalue weighted by atomic mass is 16.5. The van der Waals surface area contributed by atoms with Crippen molar-refractivity contribution in [2.75, 3.05) is 7.11 Å². The Morgan fingerprint density at radius 3 is 2.71 bits per heavy atom. The molecule has 1 aromatic carbocycles. The first-order valence-corrected chi connectivity index (χ1v) is 5.60. The molecule has 1 N–H and O–H groups in total. The third-order valence-electron chi connectivity index (χ3n) is 2.60. The minimum atomic E-state index is -0.993. The lowest BCUT2D eigenvalue weighted by Crippen LogP contribution is -2.07. The van der Waals surface area contributed by atoms with Gasteiger partial charge in [0.1, 0.15) is 11.3 Å². The molecule has 0 aliphatic carbocycles. The number of hydrogen-bond donors (Lipinski definition) is 1. The van der Waals surface area contributed by atoms with Crippen LogP contribution in [0.4, 0.5) is 0 Å². The lowest BCUT2D eigenvalue weighted by molar-refractivity contribution is 0.0507. The van der Waals surface area contributed by atoms with E-state index in [4.69, 9.17) is 14.6 Å². The Bertz CT molecular complexity index is 387. The first-order chi connectivity index (χ1) is 8.08. The molecule has 0 saturated heterocycles. The normalized spacial score (nSPS) is 12.2. The van der Waals surface area contributed by atoms with Crippen LogP contribution in [0.25, 0.3) is 0 Å². The summed E-state index contributed by atoms with van der Waals surface area (Å²) in [6.45, 7) is 4.45. The highest BCUT2D eigenvalue weighted by Crippen LogP contribution is 2.20. The molecule has 4 heteroatoms. The molecule has 0 heterocycles. The minimum Gasteiger partial charge on any atom is -0.496 e. The molecule has 17 heavy (non-hydrogen) atoms. The van der Waals surface area contributed by atoms with Crippen molar-refractivity contribution < 1.29 is 19.4 Å².